The fourth-order valence-electron chi connectivity index (χ4n) is 3.27. The Balaban J connectivity index is 1.85. The summed E-state index contributed by atoms with van der Waals surface area (Å²) >= 11 is 23.2. The summed E-state index contributed by atoms with van der Waals surface area (Å²) in [4.78, 5) is 2.70. The summed E-state index contributed by atoms with van der Waals surface area (Å²) in [7, 11) is -3.93. The van der Waals surface area contributed by atoms with Crippen LogP contribution in [0.25, 0.3) is 0 Å². The van der Waals surface area contributed by atoms with Crippen LogP contribution in [0.15, 0.2) is 41.3 Å². The van der Waals surface area contributed by atoms with Gasteiger partial charge < -0.3 is 9.64 Å². The Kier molecular flexibility index (Phi) is 8.62. The van der Waals surface area contributed by atoms with E-state index in [2.05, 4.69) is 0 Å². The molecule has 0 aliphatic carbocycles. The van der Waals surface area contributed by atoms with Crippen molar-refractivity contribution in [3.8, 4) is 17.6 Å². The Morgan fingerprint density at radius 1 is 1.09 bits per heavy atom. The van der Waals surface area contributed by atoms with Crippen LogP contribution in [0.1, 0.15) is 18.4 Å². The summed E-state index contributed by atoms with van der Waals surface area (Å²) in [5.74, 6) is 0.908. The second-order valence-electron chi connectivity index (χ2n) is 7.06. The van der Waals surface area contributed by atoms with Gasteiger partial charge in [-0.05, 0) is 49.2 Å². The molecule has 2 aromatic rings. The van der Waals surface area contributed by atoms with Gasteiger partial charge in [0.1, 0.15) is 16.4 Å². The molecule has 1 aliphatic heterocycles. The predicted octanol–water partition coefficient (Wildman–Crippen LogP) is 5.31. The van der Waals surface area contributed by atoms with Crippen molar-refractivity contribution in [3.05, 3.63) is 52.0 Å². The highest BCUT2D eigenvalue weighted by Gasteiger charge is 2.32. The molecule has 0 amide bonds. The number of thiocarbonyl (C=S) groups is 1. The highest BCUT2D eigenvalue weighted by atomic mass is 35.5. The molecule has 170 valence electrons. The van der Waals surface area contributed by atoms with E-state index in [9.17, 15) is 13.7 Å². The van der Waals surface area contributed by atoms with Crippen molar-refractivity contribution >= 4 is 62.0 Å². The van der Waals surface area contributed by atoms with Gasteiger partial charge in [0.2, 0.25) is 10.0 Å². The molecular formula is C21H20Cl3N3O3S2. The zero-order valence-electron chi connectivity index (χ0n) is 16.9. The molecule has 3 rings (SSSR count). The Bertz CT molecular complexity index is 1120. The largest absolute Gasteiger partial charge is 0.456 e. The number of rotatable bonds is 7. The molecule has 2 aromatic carbocycles. The summed E-state index contributed by atoms with van der Waals surface area (Å²) in [6, 6.07) is 10.8. The Hall–Kier alpha value is -1.60. The molecule has 0 atom stereocenters. The van der Waals surface area contributed by atoms with Gasteiger partial charge in [-0.1, -0.05) is 35.4 Å². The van der Waals surface area contributed by atoms with Crippen LogP contribution in [0.3, 0.4) is 0 Å². The minimum absolute atomic E-state index is 0.0856. The molecule has 0 spiro atoms. The molecule has 6 nitrogen and oxygen atoms in total. The molecule has 32 heavy (non-hydrogen) atoms. The first-order valence-corrected chi connectivity index (χ1v) is 12.9. The van der Waals surface area contributed by atoms with Crippen molar-refractivity contribution in [2.75, 3.05) is 32.1 Å². The lowest BCUT2D eigenvalue weighted by molar-refractivity contribution is 0.265. The van der Waals surface area contributed by atoms with Crippen LogP contribution >= 0.6 is 47.0 Å². The van der Waals surface area contributed by atoms with Crippen molar-refractivity contribution in [2.24, 2.45) is 0 Å². The first kappa shape index (κ1) is 25.0. The summed E-state index contributed by atoms with van der Waals surface area (Å²) < 4.78 is 34.1. The van der Waals surface area contributed by atoms with Crippen molar-refractivity contribution in [2.45, 2.75) is 17.7 Å². The third-order valence-electron chi connectivity index (χ3n) is 4.87. The van der Waals surface area contributed by atoms with Crippen molar-refractivity contribution in [1.82, 2.24) is 9.21 Å². The maximum absolute atomic E-state index is 13.5. The van der Waals surface area contributed by atoms with Crippen LogP contribution in [0.2, 0.25) is 10.0 Å². The molecule has 1 fully saturated rings. The second kappa shape index (κ2) is 11.0. The fourth-order valence-corrected chi connectivity index (χ4v) is 5.80. The second-order valence-corrected chi connectivity index (χ2v) is 10.7. The van der Waals surface area contributed by atoms with Gasteiger partial charge in [-0.25, -0.2) is 8.42 Å². The van der Waals surface area contributed by atoms with Crippen LogP contribution in [0.4, 0.5) is 0 Å². The van der Waals surface area contributed by atoms with Crippen molar-refractivity contribution in [3.63, 3.8) is 0 Å². The normalized spacial score (nSPS) is 14.8. The molecule has 0 bridgehead atoms. The van der Waals surface area contributed by atoms with Gasteiger partial charge in [0.15, 0.2) is 0 Å². The van der Waals surface area contributed by atoms with Gasteiger partial charge in [-0.15, -0.1) is 11.6 Å². The van der Waals surface area contributed by atoms with Gasteiger partial charge in [-0.3, -0.25) is 0 Å². The number of ether oxygens (including phenoxy) is 1. The fraction of sp³-hybridized carbons (Fsp3) is 0.333. The third kappa shape index (κ3) is 6.04. The van der Waals surface area contributed by atoms with Gasteiger partial charge >= 0.3 is 0 Å². The standard InChI is InChI=1S/C21H20Cl3N3O3S2/c22-5-1-2-21(31)26-6-8-27(9-7-26)32(28,29)20-10-15(14-25)3-4-19(20)30-18-12-16(23)11-17(24)13-18/h3-4,10-13H,1-2,5-9H2. The van der Waals surface area contributed by atoms with E-state index >= 15 is 0 Å². The Labute approximate surface area is 208 Å². The number of hydrogen-bond acceptors (Lipinski definition) is 5. The van der Waals surface area contributed by atoms with Gasteiger partial charge in [-0.2, -0.15) is 9.57 Å². The van der Waals surface area contributed by atoms with E-state index in [1.807, 2.05) is 11.0 Å². The van der Waals surface area contributed by atoms with E-state index in [0.29, 0.717) is 35.4 Å². The SMILES string of the molecule is N#Cc1ccc(Oc2cc(Cl)cc(Cl)c2)c(S(=O)(=O)N2CCN(C(=S)CCCCl)CC2)c1. The number of halogens is 3. The van der Waals surface area contributed by atoms with Crippen molar-refractivity contribution in [1.29, 1.82) is 5.26 Å². The maximum Gasteiger partial charge on any atom is 0.246 e. The molecule has 0 saturated carbocycles. The average molecular weight is 533 g/mol. The summed E-state index contributed by atoms with van der Waals surface area (Å²) in [5.41, 5.74) is 0.209. The predicted molar refractivity (Wildman–Crippen MR) is 131 cm³/mol. The topological polar surface area (TPSA) is 73.6 Å². The Morgan fingerprint density at radius 3 is 2.34 bits per heavy atom. The average Bonchev–Trinajstić information content (AvgIpc) is 2.77. The van der Waals surface area contributed by atoms with E-state index in [4.69, 9.17) is 51.8 Å². The molecular weight excluding hydrogens is 513 g/mol. The third-order valence-corrected chi connectivity index (χ3v) is 7.96. The number of sulfonamides is 1. The summed E-state index contributed by atoms with van der Waals surface area (Å²) in [5, 5.41) is 10.0. The lowest BCUT2D eigenvalue weighted by atomic mass is 10.2. The van der Waals surface area contributed by atoms with E-state index in [1.54, 1.807) is 6.07 Å². The molecule has 0 radical (unpaired) electrons. The number of hydrogen-bond donors (Lipinski definition) is 0. The van der Waals surface area contributed by atoms with E-state index < -0.39 is 10.0 Å². The smallest absolute Gasteiger partial charge is 0.246 e. The van der Waals surface area contributed by atoms with E-state index in [1.165, 1.54) is 34.6 Å². The molecule has 1 heterocycles. The molecule has 1 aliphatic rings. The number of alkyl halides is 1. The summed E-state index contributed by atoms with van der Waals surface area (Å²) in [6.45, 7) is 1.50. The first-order chi connectivity index (χ1) is 15.2. The number of nitriles is 1. The lowest BCUT2D eigenvalue weighted by Gasteiger charge is -2.35. The Morgan fingerprint density at radius 2 is 1.75 bits per heavy atom. The molecule has 0 N–H and O–H groups in total. The molecule has 0 aromatic heterocycles. The molecule has 0 unspecified atom stereocenters. The van der Waals surface area contributed by atoms with Crippen LogP contribution in [0.5, 0.6) is 11.5 Å². The van der Waals surface area contributed by atoms with E-state index in [0.717, 1.165) is 11.4 Å². The monoisotopic (exact) mass is 531 g/mol. The van der Waals surface area contributed by atoms with Crippen LogP contribution in [-0.4, -0.2) is 54.7 Å². The van der Waals surface area contributed by atoms with Gasteiger partial charge in [0.05, 0.1) is 16.6 Å². The molecule has 1 saturated heterocycles. The highest BCUT2D eigenvalue weighted by molar-refractivity contribution is 7.89. The van der Waals surface area contributed by atoms with Crippen LogP contribution in [-0.2, 0) is 10.0 Å². The number of nitrogens with zero attached hydrogens (tertiary/aromatic N) is 3. The van der Waals surface area contributed by atoms with Crippen LogP contribution < -0.4 is 4.74 Å². The van der Waals surface area contributed by atoms with Gasteiger partial charge in [0, 0.05) is 42.1 Å². The van der Waals surface area contributed by atoms with E-state index in [-0.39, 0.29) is 35.0 Å². The lowest BCUT2D eigenvalue weighted by Crippen LogP contribution is -2.50. The van der Waals surface area contributed by atoms with Crippen molar-refractivity contribution < 1.29 is 13.2 Å². The minimum Gasteiger partial charge on any atom is -0.456 e. The zero-order chi connectivity index (χ0) is 23.3. The number of piperazine rings is 1. The number of benzene rings is 2. The minimum atomic E-state index is -3.93. The first-order valence-electron chi connectivity index (χ1n) is 9.76. The quantitative estimate of drug-likeness (QED) is 0.355. The maximum atomic E-state index is 13.5. The zero-order valence-corrected chi connectivity index (χ0v) is 20.8. The summed E-state index contributed by atoms with van der Waals surface area (Å²) in [6.07, 6.45) is 1.49. The molecule has 11 heteroatoms. The van der Waals surface area contributed by atoms with Gasteiger partial charge in [0.25, 0.3) is 0 Å². The highest BCUT2D eigenvalue weighted by Crippen LogP contribution is 2.34. The van der Waals surface area contributed by atoms with Crippen LogP contribution in [0, 0.1) is 11.3 Å².